The van der Waals surface area contributed by atoms with Crippen LogP contribution in [-0.4, -0.2) is 39.3 Å². The van der Waals surface area contributed by atoms with Gasteiger partial charge in [-0.2, -0.15) is 0 Å². The van der Waals surface area contributed by atoms with Gasteiger partial charge in [0.15, 0.2) is 0 Å². The molecule has 0 radical (unpaired) electrons. The van der Waals surface area contributed by atoms with Crippen molar-refractivity contribution in [2.75, 3.05) is 13.7 Å². The van der Waals surface area contributed by atoms with E-state index in [9.17, 15) is 4.79 Å². The lowest BCUT2D eigenvalue weighted by Crippen LogP contribution is -2.66. The molecule has 0 saturated heterocycles. The van der Waals surface area contributed by atoms with Crippen LogP contribution in [0.3, 0.4) is 0 Å². The number of hydrogen-bond donors (Lipinski definition) is 0. The third-order valence-electron chi connectivity index (χ3n) is 8.11. The van der Waals surface area contributed by atoms with Gasteiger partial charge in [0.2, 0.25) is 0 Å². The summed E-state index contributed by atoms with van der Waals surface area (Å²) >= 11 is 0. The lowest BCUT2D eigenvalue weighted by molar-refractivity contribution is -0.155. The first-order valence-corrected chi connectivity index (χ1v) is 17.6. The van der Waals surface area contributed by atoms with Crippen molar-refractivity contribution in [3.05, 3.63) is 60.7 Å². The van der Waals surface area contributed by atoms with E-state index in [2.05, 4.69) is 112 Å². The minimum absolute atomic E-state index is 0.116. The van der Waals surface area contributed by atoms with E-state index in [1.54, 1.807) is 7.05 Å². The maximum atomic E-state index is 13.0. The number of ether oxygens (including phenoxy) is 1. The van der Waals surface area contributed by atoms with Gasteiger partial charge in [-0.1, -0.05) is 107 Å². The van der Waals surface area contributed by atoms with E-state index >= 15 is 0 Å². The molecule has 0 aliphatic heterocycles. The highest BCUT2D eigenvalue weighted by molar-refractivity contribution is 6.99. The van der Waals surface area contributed by atoms with Gasteiger partial charge in [-0.25, -0.2) is 0 Å². The fraction of sp³-hybridized carbons (Fsp3) is 0.568. The molecule has 2 aromatic carbocycles. The first kappa shape index (κ1) is 33.8. The summed E-state index contributed by atoms with van der Waals surface area (Å²) in [5, 5.41) is 2.38. The lowest BCUT2D eigenvalue weighted by Gasteiger charge is -2.43. The summed E-state index contributed by atoms with van der Waals surface area (Å²) in [5.41, 5.74) is 0.235. The molecule has 2 aromatic rings. The molecule has 1 aliphatic carbocycles. The Morgan fingerprint density at radius 1 is 0.952 bits per heavy atom. The molecule has 1 saturated carbocycles. The number of aliphatic imine (C=N–C) groups is 1. The van der Waals surface area contributed by atoms with E-state index in [1.165, 1.54) is 16.8 Å². The molecule has 0 bridgehead atoms. The van der Waals surface area contributed by atoms with Crippen molar-refractivity contribution in [1.82, 2.24) is 0 Å². The smallest absolute Gasteiger partial charge is 0.307 e. The summed E-state index contributed by atoms with van der Waals surface area (Å²) in [6.45, 7) is 17.7. The molecule has 0 aromatic heterocycles. The van der Waals surface area contributed by atoms with Crippen LogP contribution in [0.25, 0.3) is 0 Å². The quantitative estimate of drug-likeness (QED) is 0.119. The molecule has 4 nitrogen and oxygen atoms in total. The van der Waals surface area contributed by atoms with Crippen molar-refractivity contribution in [1.29, 1.82) is 0 Å². The zero-order valence-electron chi connectivity index (χ0n) is 27.5. The molecule has 5 heteroatoms. The molecule has 3 rings (SSSR count). The van der Waals surface area contributed by atoms with Gasteiger partial charge in [-0.3, -0.25) is 9.79 Å². The summed E-state index contributed by atoms with van der Waals surface area (Å²) in [7, 11) is -0.897. The van der Waals surface area contributed by atoms with Crippen LogP contribution in [0, 0.1) is 35.5 Å². The van der Waals surface area contributed by atoms with Gasteiger partial charge in [-0.05, 0) is 73.7 Å². The van der Waals surface area contributed by atoms with Crippen LogP contribution in [0.5, 0.6) is 0 Å². The average Bonchev–Trinajstić information content (AvgIpc) is 2.88. The number of rotatable bonds is 11. The molecular formula is C37H53NO3Si. The second-order valence-corrected chi connectivity index (χ2v) is 18.6. The average molecular weight is 588 g/mol. The van der Waals surface area contributed by atoms with E-state index in [0.717, 1.165) is 30.4 Å². The minimum atomic E-state index is -2.69. The van der Waals surface area contributed by atoms with Gasteiger partial charge in [-0.15, -0.1) is 0 Å². The van der Waals surface area contributed by atoms with Gasteiger partial charge < -0.3 is 9.16 Å². The number of carbonyl (C=O) groups excluding carboxylic acids is 1. The molecule has 0 unspecified atom stereocenters. The largest absolute Gasteiger partial charge is 0.460 e. The molecule has 228 valence electrons. The van der Waals surface area contributed by atoms with E-state index < -0.39 is 13.9 Å². The monoisotopic (exact) mass is 587 g/mol. The molecule has 42 heavy (non-hydrogen) atoms. The molecule has 1 aliphatic rings. The van der Waals surface area contributed by atoms with Crippen molar-refractivity contribution in [2.24, 2.45) is 28.7 Å². The number of hydrogen-bond acceptors (Lipinski definition) is 4. The minimum Gasteiger partial charge on any atom is -0.460 e. The van der Waals surface area contributed by atoms with E-state index in [0.29, 0.717) is 18.9 Å². The predicted molar refractivity (Wildman–Crippen MR) is 179 cm³/mol. The van der Waals surface area contributed by atoms with Gasteiger partial charge in [0.05, 0.1) is 12.1 Å². The number of benzene rings is 2. The van der Waals surface area contributed by atoms with Crippen molar-refractivity contribution in [2.45, 2.75) is 98.1 Å². The van der Waals surface area contributed by atoms with Crippen LogP contribution < -0.4 is 10.4 Å². The highest BCUT2D eigenvalue weighted by Gasteiger charge is 2.50. The topological polar surface area (TPSA) is 47.9 Å². The Hall–Kier alpha value is -2.68. The lowest BCUT2D eigenvalue weighted by atomic mass is 9.71. The van der Waals surface area contributed by atoms with E-state index in [-0.39, 0.29) is 23.3 Å². The number of esters is 1. The Morgan fingerprint density at radius 3 is 1.95 bits per heavy atom. The van der Waals surface area contributed by atoms with Gasteiger partial charge in [0.25, 0.3) is 8.32 Å². The third kappa shape index (κ3) is 9.16. The molecule has 0 N–H and O–H groups in total. The van der Waals surface area contributed by atoms with Crippen molar-refractivity contribution >= 4 is 30.4 Å². The summed E-state index contributed by atoms with van der Waals surface area (Å²) in [4.78, 5) is 17.7. The molecule has 0 heterocycles. The summed E-state index contributed by atoms with van der Waals surface area (Å²) < 4.78 is 12.9. The Morgan fingerprint density at radius 2 is 1.50 bits per heavy atom. The predicted octanol–water partition coefficient (Wildman–Crippen LogP) is 7.45. The van der Waals surface area contributed by atoms with Crippen LogP contribution >= 0.6 is 0 Å². The van der Waals surface area contributed by atoms with Crippen LogP contribution in [0.4, 0.5) is 0 Å². The Labute approximate surface area is 256 Å². The van der Waals surface area contributed by atoms with Gasteiger partial charge in [0, 0.05) is 25.5 Å². The number of nitrogens with zero attached hydrogens (tertiary/aromatic N) is 1. The van der Waals surface area contributed by atoms with Crippen LogP contribution in [0.1, 0.15) is 87.5 Å². The van der Waals surface area contributed by atoms with Crippen molar-refractivity contribution in [3.8, 4) is 11.8 Å². The second-order valence-electron chi connectivity index (χ2n) is 14.3. The maximum absolute atomic E-state index is 13.0. The normalized spacial score (nSPS) is 18.6. The fourth-order valence-electron chi connectivity index (χ4n) is 6.26. The Kier molecular flexibility index (Phi) is 11.8. The highest BCUT2D eigenvalue weighted by atomic mass is 28.4. The van der Waals surface area contributed by atoms with Crippen molar-refractivity contribution in [3.63, 3.8) is 0 Å². The molecular weight excluding hydrogens is 534 g/mol. The fourth-order valence-corrected chi connectivity index (χ4v) is 10.8. The third-order valence-corrected chi connectivity index (χ3v) is 13.1. The Balaban J connectivity index is 1.87. The summed E-state index contributed by atoms with van der Waals surface area (Å²) in [6, 6.07) is 21.3. The van der Waals surface area contributed by atoms with E-state index in [1.807, 2.05) is 20.8 Å². The summed E-state index contributed by atoms with van der Waals surface area (Å²) in [6.07, 6.45) is 4.48. The zero-order chi connectivity index (χ0) is 31.0. The molecule has 0 amide bonds. The standard InChI is InChI=1S/C37H53NO3Si/c1-28(2)24-30-25-29(26-30)20-21-34(38-9)31(27-35(39)41-36(3,4)5)22-23-40-42(37(6,7)8,32-16-12-10-13-17-32)33-18-14-11-15-19-33/h10-19,28-31H,22-27H2,1-9H3/b38-34+/t29-,30+,31-/m1/s1. The van der Waals surface area contributed by atoms with Crippen LogP contribution in [0.15, 0.2) is 65.7 Å². The second kappa shape index (κ2) is 14.7. The SMILES string of the molecule is C/N=C(\C#C[C@H]1C[C@@H](CC(C)C)C1)[C@H](CCO[Si](c1ccccc1)(c1ccccc1)C(C)(C)C)CC(=O)OC(C)(C)C. The maximum Gasteiger partial charge on any atom is 0.307 e. The van der Waals surface area contributed by atoms with Gasteiger partial charge >= 0.3 is 5.97 Å². The van der Waals surface area contributed by atoms with Crippen LogP contribution in [0.2, 0.25) is 5.04 Å². The summed E-state index contributed by atoms with van der Waals surface area (Å²) in [5.74, 6) is 8.44. The van der Waals surface area contributed by atoms with Gasteiger partial charge in [0.1, 0.15) is 5.60 Å². The zero-order valence-corrected chi connectivity index (χ0v) is 28.5. The Bertz CT molecular complexity index is 1180. The van der Waals surface area contributed by atoms with E-state index in [4.69, 9.17) is 9.16 Å². The molecule has 1 fully saturated rings. The van der Waals surface area contributed by atoms with Crippen LogP contribution in [-0.2, 0) is 14.0 Å². The molecule has 0 spiro atoms. The first-order valence-electron chi connectivity index (χ1n) is 15.7. The highest BCUT2D eigenvalue weighted by Crippen LogP contribution is 2.38. The number of carbonyl (C=O) groups is 1. The first-order chi connectivity index (χ1) is 19.7. The molecule has 1 atom stereocenters. The van der Waals surface area contributed by atoms with Crippen molar-refractivity contribution < 1.29 is 14.0 Å².